The van der Waals surface area contributed by atoms with Crippen LogP contribution in [0.4, 0.5) is 0 Å². The average molecular weight is 359 g/mol. The smallest absolute Gasteiger partial charge is 0.357 e. The second-order valence-corrected chi connectivity index (χ2v) is 6.09. The van der Waals surface area contributed by atoms with Gasteiger partial charge in [-0.25, -0.2) is 9.78 Å². The van der Waals surface area contributed by atoms with Crippen LogP contribution in [-0.2, 0) is 11.3 Å². The molecule has 27 heavy (non-hydrogen) atoms. The summed E-state index contributed by atoms with van der Waals surface area (Å²) in [6, 6.07) is 14.9. The fraction of sp³-hybridized carbons (Fsp3) is 0.0952. The molecule has 6 heteroatoms. The lowest BCUT2D eigenvalue weighted by atomic mass is 10.2. The molecule has 4 aromatic rings. The monoisotopic (exact) mass is 359 g/mol. The molecule has 134 valence electrons. The lowest BCUT2D eigenvalue weighted by Crippen LogP contribution is -2.08. The molecule has 3 aromatic heterocycles. The van der Waals surface area contributed by atoms with Crippen LogP contribution in [0.3, 0.4) is 0 Å². The van der Waals surface area contributed by atoms with Gasteiger partial charge >= 0.3 is 5.97 Å². The highest BCUT2D eigenvalue weighted by atomic mass is 16.5. The maximum absolute atomic E-state index is 12.4. The van der Waals surface area contributed by atoms with E-state index < -0.39 is 5.97 Å². The number of carbonyl (C=O) groups is 1. The van der Waals surface area contributed by atoms with Gasteiger partial charge in [0.2, 0.25) is 0 Å². The Bertz CT molecular complexity index is 1070. The van der Waals surface area contributed by atoms with E-state index in [1.165, 1.54) is 6.20 Å². The van der Waals surface area contributed by atoms with Gasteiger partial charge in [0.1, 0.15) is 23.8 Å². The Balaban J connectivity index is 1.40. The Labute approximate surface area is 156 Å². The summed E-state index contributed by atoms with van der Waals surface area (Å²) in [5.74, 6) is 0.941. The largest absolute Gasteiger partial charge is 0.456 e. The van der Waals surface area contributed by atoms with Gasteiger partial charge in [-0.05, 0) is 54.4 Å². The van der Waals surface area contributed by atoms with Crippen molar-refractivity contribution < 1.29 is 14.3 Å². The normalized spacial score (nSPS) is 10.7. The Morgan fingerprint density at radius 2 is 1.93 bits per heavy atom. The minimum atomic E-state index is -0.415. The van der Waals surface area contributed by atoms with Crippen LogP contribution in [0.2, 0.25) is 0 Å². The molecule has 0 bridgehead atoms. The maximum atomic E-state index is 12.4. The molecule has 0 fully saturated rings. The van der Waals surface area contributed by atoms with Gasteiger partial charge in [0, 0.05) is 12.4 Å². The first kappa shape index (κ1) is 16.8. The number of ether oxygens (including phenoxy) is 2. The van der Waals surface area contributed by atoms with Gasteiger partial charge in [0.05, 0.1) is 12.4 Å². The highest BCUT2D eigenvalue weighted by Gasteiger charge is 2.13. The molecule has 0 N–H and O–H groups in total. The topological polar surface area (TPSA) is 65.7 Å². The summed E-state index contributed by atoms with van der Waals surface area (Å²) >= 11 is 0. The molecule has 0 saturated heterocycles. The molecule has 0 spiro atoms. The molecule has 0 aliphatic rings. The summed E-state index contributed by atoms with van der Waals surface area (Å²) in [7, 11) is 0. The quantitative estimate of drug-likeness (QED) is 0.500. The fourth-order valence-electron chi connectivity index (χ4n) is 2.65. The summed E-state index contributed by atoms with van der Waals surface area (Å²) in [4.78, 5) is 20.6. The number of fused-ring (bicyclic) bond motifs is 1. The van der Waals surface area contributed by atoms with Crippen LogP contribution in [0.5, 0.6) is 11.5 Å². The standard InChI is InChI=1S/C21H17N3O3/c1-15-8-10-24-19(13-23-20(24)11-15)21(25)26-14-16-4-6-17(7-5-16)27-18-3-2-9-22-12-18/h2-13H,14H2,1H3. The zero-order chi connectivity index (χ0) is 18.6. The van der Waals surface area contributed by atoms with Crippen molar-refractivity contribution in [2.45, 2.75) is 13.5 Å². The molecule has 0 aliphatic heterocycles. The van der Waals surface area contributed by atoms with E-state index >= 15 is 0 Å². The number of pyridine rings is 2. The predicted octanol–water partition coefficient (Wildman–Crippen LogP) is 4.19. The van der Waals surface area contributed by atoms with Crippen molar-refractivity contribution in [3.63, 3.8) is 0 Å². The Morgan fingerprint density at radius 1 is 1.07 bits per heavy atom. The van der Waals surface area contributed by atoms with Crippen LogP contribution in [-0.4, -0.2) is 20.3 Å². The number of hydrogen-bond acceptors (Lipinski definition) is 5. The van der Waals surface area contributed by atoms with Crippen molar-refractivity contribution >= 4 is 11.6 Å². The van der Waals surface area contributed by atoms with Gasteiger partial charge in [-0.1, -0.05) is 12.1 Å². The number of nitrogens with zero attached hydrogens (tertiary/aromatic N) is 3. The molecule has 1 aromatic carbocycles. The zero-order valence-electron chi connectivity index (χ0n) is 14.7. The maximum Gasteiger partial charge on any atom is 0.357 e. The predicted molar refractivity (Wildman–Crippen MR) is 99.8 cm³/mol. The summed E-state index contributed by atoms with van der Waals surface area (Å²) in [5.41, 5.74) is 3.08. The van der Waals surface area contributed by atoms with E-state index in [-0.39, 0.29) is 6.61 Å². The number of carbonyl (C=O) groups excluding carboxylic acids is 1. The molecule has 0 amide bonds. The molecular formula is C21H17N3O3. The van der Waals surface area contributed by atoms with Crippen molar-refractivity contribution in [1.82, 2.24) is 14.4 Å². The third-order valence-corrected chi connectivity index (χ3v) is 4.04. The number of aryl methyl sites for hydroxylation is 1. The SMILES string of the molecule is Cc1ccn2c(C(=O)OCc3ccc(Oc4cccnc4)cc3)cnc2c1. The Kier molecular flexibility index (Phi) is 4.53. The number of benzene rings is 1. The van der Waals surface area contributed by atoms with Gasteiger partial charge in [-0.3, -0.25) is 9.38 Å². The van der Waals surface area contributed by atoms with Crippen LogP contribution in [0.15, 0.2) is 73.3 Å². The highest BCUT2D eigenvalue weighted by molar-refractivity contribution is 5.88. The molecule has 3 heterocycles. The highest BCUT2D eigenvalue weighted by Crippen LogP contribution is 2.21. The molecule has 0 saturated carbocycles. The van der Waals surface area contributed by atoms with E-state index in [0.717, 1.165) is 16.8 Å². The molecule has 0 unspecified atom stereocenters. The lowest BCUT2D eigenvalue weighted by molar-refractivity contribution is 0.0464. The first-order chi connectivity index (χ1) is 13.2. The Hall–Kier alpha value is -3.67. The molecule has 0 aliphatic carbocycles. The summed E-state index contributed by atoms with van der Waals surface area (Å²) in [5, 5.41) is 0. The molecule has 0 atom stereocenters. The van der Waals surface area contributed by atoms with Crippen LogP contribution in [0.1, 0.15) is 21.6 Å². The number of imidazole rings is 1. The van der Waals surface area contributed by atoms with Crippen molar-refractivity contribution in [3.8, 4) is 11.5 Å². The second kappa shape index (κ2) is 7.29. The summed E-state index contributed by atoms with van der Waals surface area (Å²) in [6.45, 7) is 2.15. The van der Waals surface area contributed by atoms with E-state index in [4.69, 9.17) is 9.47 Å². The van der Waals surface area contributed by atoms with E-state index in [2.05, 4.69) is 9.97 Å². The van der Waals surface area contributed by atoms with E-state index in [0.29, 0.717) is 17.2 Å². The van der Waals surface area contributed by atoms with Crippen LogP contribution < -0.4 is 4.74 Å². The van der Waals surface area contributed by atoms with E-state index in [1.807, 2.05) is 61.7 Å². The average Bonchev–Trinajstić information content (AvgIpc) is 3.11. The number of esters is 1. The second-order valence-electron chi connectivity index (χ2n) is 6.09. The third kappa shape index (κ3) is 3.79. The first-order valence-corrected chi connectivity index (χ1v) is 8.47. The van der Waals surface area contributed by atoms with Crippen molar-refractivity contribution in [1.29, 1.82) is 0 Å². The molecule has 0 radical (unpaired) electrons. The molecule has 4 rings (SSSR count). The van der Waals surface area contributed by atoms with Gasteiger partial charge in [0.25, 0.3) is 0 Å². The zero-order valence-corrected chi connectivity index (χ0v) is 14.7. The summed E-state index contributed by atoms with van der Waals surface area (Å²) < 4.78 is 12.8. The van der Waals surface area contributed by atoms with Gasteiger partial charge in [-0.2, -0.15) is 0 Å². The minimum absolute atomic E-state index is 0.172. The fourth-order valence-corrected chi connectivity index (χ4v) is 2.65. The first-order valence-electron chi connectivity index (χ1n) is 8.47. The number of aromatic nitrogens is 3. The van der Waals surface area contributed by atoms with Crippen molar-refractivity contribution in [2.75, 3.05) is 0 Å². The third-order valence-electron chi connectivity index (χ3n) is 4.04. The van der Waals surface area contributed by atoms with E-state index in [1.54, 1.807) is 16.8 Å². The van der Waals surface area contributed by atoms with Gasteiger partial charge in [-0.15, -0.1) is 0 Å². The van der Waals surface area contributed by atoms with Gasteiger partial charge < -0.3 is 9.47 Å². The Morgan fingerprint density at radius 3 is 2.70 bits per heavy atom. The van der Waals surface area contributed by atoms with E-state index in [9.17, 15) is 4.79 Å². The van der Waals surface area contributed by atoms with Crippen LogP contribution in [0.25, 0.3) is 5.65 Å². The number of rotatable bonds is 5. The minimum Gasteiger partial charge on any atom is -0.456 e. The van der Waals surface area contributed by atoms with Crippen molar-refractivity contribution in [2.24, 2.45) is 0 Å². The number of hydrogen-bond donors (Lipinski definition) is 0. The van der Waals surface area contributed by atoms with Crippen molar-refractivity contribution in [3.05, 3.63) is 90.1 Å². The van der Waals surface area contributed by atoms with Crippen LogP contribution in [0, 0.1) is 6.92 Å². The van der Waals surface area contributed by atoms with Gasteiger partial charge in [0.15, 0.2) is 5.69 Å². The molecular weight excluding hydrogens is 342 g/mol. The molecule has 6 nitrogen and oxygen atoms in total. The van der Waals surface area contributed by atoms with Crippen LogP contribution >= 0.6 is 0 Å². The summed E-state index contributed by atoms with van der Waals surface area (Å²) in [6.07, 6.45) is 6.68. The lowest BCUT2D eigenvalue weighted by Gasteiger charge is -2.07.